The average molecular weight is 673 g/mol. The van der Waals surface area contributed by atoms with E-state index in [9.17, 15) is 14.7 Å². The minimum Gasteiger partial charge on any atom is -0.394 e. The van der Waals surface area contributed by atoms with Crippen LogP contribution in [0.4, 0.5) is 17.1 Å². The second-order valence-electron chi connectivity index (χ2n) is 13.9. The molecule has 258 valence electrons. The van der Waals surface area contributed by atoms with Crippen LogP contribution in [-0.4, -0.2) is 82.1 Å². The van der Waals surface area contributed by atoms with Gasteiger partial charge in [-0.05, 0) is 82.3 Å². The molecule has 2 bridgehead atoms. The van der Waals surface area contributed by atoms with E-state index in [4.69, 9.17) is 0 Å². The van der Waals surface area contributed by atoms with Crippen LogP contribution in [0.25, 0.3) is 0 Å². The Balaban J connectivity index is 1.61. The Bertz CT molecular complexity index is 1500. The zero-order chi connectivity index (χ0) is 34.8. The minimum atomic E-state index is -0.845. The Morgan fingerprint density at radius 1 is 0.938 bits per heavy atom. The van der Waals surface area contributed by atoms with Crippen LogP contribution in [0, 0.1) is 17.8 Å². The van der Waals surface area contributed by atoms with E-state index in [1.807, 2.05) is 54.6 Å². The number of hydrogen-bond acceptors (Lipinski definition) is 6. The normalized spacial score (nSPS) is 26.4. The molecule has 0 saturated carbocycles. The van der Waals surface area contributed by atoms with Gasteiger partial charge in [-0.1, -0.05) is 44.2 Å². The number of anilines is 3. The number of para-hydroxylation sites is 1. The molecule has 0 radical (unpaired) electrons. The number of aliphatic hydroxyl groups excluding tert-OH is 1. The van der Waals surface area contributed by atoms with Crippen LogP contribution < -0.4 is 14.7 Å². The van der Waals surface area contributed by atoms with Crippen molar-refractivity contribution in [2.24, 2.45) is 17.8 Å². The molecule has 2 aromatic carbocycles. The summed E-state index contributed by atoms with van der Waals surface area (Å²) in [6.07, 6.45) is 5.31. The summed E-state index contributed by atoms with van der Waals surface area (Å²) in [6, 6.07) is 16.1. The van der Waals surface area contributed by atoms with E-state index in [1.165, 1.54) is 0 Å². The molecule has 3 aliphatic rings. The summed E-state index contributed by atoms with van der Waals surface area (Å²) in [4.78, 5) is 52.3. The number of benzene rings is 2. The third-order valence-corrected chi connectivity index (χ3v) is 12.6. The van der Waals surface area contributed by atoms with Gasteiger partial charge in [0.15, 0.2) is 0 Å². The van der Waals surface area contributed by atoms with Crippen LogP contribution in [-0.2, 0) is 14.4 Å². The predicted octanol–water partition coefficient (Wildman–Crippen LogP) is 6.16. The third-order valence-electron chi connectivity index (χ3n) is 10.6. The average Bonchev–Trinajstić information content (AvgIpc) is 3.66. The van der Waals surface area contributed by atoms with Crippen molar-refractivity contribution in [3.05, 3.63) is 79.9 Å². The molecule has 2 aromatic rings. The Kier molecular flexibility index (Phi) is 10.8. The zero-order valence-corrected chi connectivity index (χ0v) is 30.0. The molecule has 48 heavy (non-hydrogen) atoms. The molecule has 5 rings (SSSR count). The molecular weight excluding hydrogens is 621 g/mol. The van der Waals surface area contributed by atoms with Crippen molar-refractivity contribution in [3.63, 3.8) is 0 Å². The maximum Gasteiger partial charge on any atom is 0.251 e. The molecular formula is C39H52N4O4S. The number of thioether (sulfide) groups is 1. The molecule has 2 unspecified atom stereocenters. The highest BCUT2D eigenvalue weighted by Gasteiger charge is 2.78. The number of rotatable bonds is 15. The van der Waals surface area contributed by atoms with E-state index in [2.05, 4.69) is 52.7 Å². The van der Waals surface area contributed by atoms with Gasteiger partial charge in [0, 0.05) is 48.0 Å². The largest absolute Gasteiger partial charge is 0.394 e. The lowest BCUT2D eigenvalue weighted by atomic mass is 9.66. The van der Waals surface area contributed by atoms with Gasteiger partial charge in [0.1, 0.15) is 6.04 Å². The Morgan fingerprint density at radius 2 is 1.50 bits per heavy atom. The van der Waals surface area contributed by atoms with Crippen LogP contribution in [0.2, 0.25) is 0 Å². The first-order valence-corrected chi connectivity index (χ1v) is 18.2. The number of likely N-dealkylation sites (tertiary alicyclic amines) is 1. The number of fused-ring (bicyclic) bond motifs is 1. The highest BCUT2D eigenvalue weighted by Crippen LogP contribution is 2.72. The van der Waals surface area contributed by atoms with Crippen LogP contribution >= 0.6 is 11.8 Å². The quantitative estimate of drug-likeness (QED) is 0.228. The standard InChI is InChI=1S/C39H52N4O4S/c1-8-23-41(29-15-13-12-14-16-29)35(45)32-33-36(46)43(31(26-44)25-27(5)6)34(39(33)22-21-38(32,7)48-39)37(47)42(24-9-2)30-19-17-28(18-20-30)40(10-3)11-4/h8-9,12-20,27,31-34,44H,1-2,10-11,21-26H2,3-7H3/t31-,32+,33+,34?,38-,39?/m1/s1. The maximum atomic E-state index is 15.2. The highest BCUT2D eigenvalue weighted by atomic mass is 32.2. The number of aliphatic hydroxyl groups is 1. The van der Waals surface area contributed by atoms with Crippen molar-refractivity contribution in [3.8, 4) is 0 Å². The molecule has 3 amide bonds. The number of carbonyl (C=O) groups is 3. The molecule has 1 spiro atoms. The van der Waals surface area contributed by atoms with Gasteiger partial charge in [-0.2, -0.15) is 0 Å². The van der Waals surface area contributed by atoms with Gasteiger partial charge in [0.25, 0.3) is 5.91 Å². The zero-order valence-electron chi connectivity index (χ0n) is 29.2. The fraction of sp³-hybridized carbons (Fsp3) is 0.513. The summed E-state index contributed by atoms with van der Waals surface area (Å²) in [5, 5.41) is 10.8. The Hall–Kier alpha value is -3.56. The molecule has 0 aromatic heterocycles. The smallest absolute Gasteiger partial charge is 0.251 e. The summed E-state index contributed by atoms with van der Waals surface area (Å²) in [5.74, 6) is -1.67. The Morgan fingerprint density at radius 3 is 2.04 bits per heavy atom. The van der Waals surface area contributed by atoms with Crippen molar-refractivity contribution in [2.45, 2.75) is 75.5 Å². The van der Waals surface area contributed by atoms with Crippen molar-refractivity contribution >= 4 is 46.5 Å². The summed E-state index contributed by atoms with van der Waals surface area (Å²) in [6.45, 7) is 20.4. The van der Waals surface area contributed by atoms with Gasteiger partial charge in [0.2, 0.25) is 11.8 Å². The first-order valence-electron chi connectivity index (χ1n) is 17.4. The summed E-state index contributed by atoms with van der Waals surface area (Å²) in [7, 11) is 0. The molecule has 6 atom stereocenters. The first-order chi connectivity index (χ1) is 23.0. The highest BCUT2D eigenvalue weighted by molar-refractivity contribution is 8.02. The SMILES string of the molecule is C=CCN(C(=O)C1N([C@@H](CO)CC(C)C)C(=O)[C@@H]2[C@@H](C(=O)N(CC=C)c3ccccc3)[C@@]3(C)CCC12S3)c1ccc(N(CC)CC)cc1. The number of amides is 3. The molecule has 3 fully saturated rings. The maximum absolute atomic E-state index is 15.2. The first kappa shape index (κ1) is 35.7. The lowest BCUT2D eigenvalue weighted by Gasteiger charge is -2.40. The second-order valence-corrected chi connectivity index (χ2v) is 15.8. The van der Waals surface area contributed by atoms with E-state index in [1.54, 1.807) is 38.6 Å². The monoisotopic (exact) mass is 672 g/mol. The second kappa shape index (κ2) is 14.5. The van der Waals surface area contributed by atoms with Crippen molar-refractivity contribution in [2.75, 3.05) is 47.5 Å². The summed E-state index contributed by atoms with van der Waals surface area (Å²) < 4.78 is -1.34. The van der Waals surface area contributed by atoms with Crippen molar-refractivity contribution in [1.29, 1.82) is 0 Å². The van der Waals surface area contributed by atoms with Crippen LogP contribution in [0.3, 0.4) is 0 Å². The molecule has 9 heteroatoms. The Labute approximate surface area is 290 Å². The molecule has 3 saturated heterocycles. The van der Waals surface area contributed by atoms with Crippen LogP contribution in [0.1, 0.15) is 53.9 Å². The van der Waals surface area contributed by atoms with E-state index in [0.29, 0.717) is 25.8 Å². The topological polar surface area (TPSA) is 84.4 Å². The molecule has 8 nitrogen and oxygen atoms in total. The van der Waals surface area contributed by atoms with E-state index in [-0.39, 0.29) is 36.8 Å². The van der Waals surface area contributed by atoms with Gasteiger partial charge in [0.05, 0.1) is 29.2 Å². The van der Waals surface area contributed by atoms with Gasteiger partial charge in [-0.15, -0.1) is 24.9 Å². The van der Waals surface area contributed by atoms with Gasteiger partial charge in [-0.25, -0.2) is 0 Å². The summed E-state index contributed by atoms with van der Waals surface area (Å²) in [5.41, 5.74) is 2.55. The number of carbonyl (C=O) groups excluding carboxylic acids is 3. The van der Waals surface area contributed by atoms with Gasteiger partial charge >= 0.3 is 0 Å². The van der Waals surface area contributed by atoms with Crippen LogP contribution in [0.5, 0.6) is 0 Å². The fourth-order valence-corrected chi connectivity index (χ4v) is 10.8. The lowest BCUT2D eigenvalue weighted by molar-refractivity contribution is -0.142. The number of hydrogen-bond donors (Lipinski definition) is 1. The summed E-state index contributed by atoms with van der Waals surface area (Å²) >= 11 is 1.66. The number of nitrogens with zero attached hydrogens (tertiary/aromatic N) is 4. The van der Waals surface area contributed by atoms with E-state index < -0.39 is 33.4 Å². The van der Waals surface area contributed by atoms with Crippen molar-refractivity contribution in [1.82, 2.24) is 4.90 Å². The van der Waals surface area contributed by atoms with E-state index in [0.717, 1.165) is 30.2 Å². The molecule has 3 heterocycles. The van der Waals surface area contributed by atoms with Gasteiger partial charge < -0.3 is 24.7 Å². The molecule has 1 N–H and O–H groups in total. The lowest BCUT2D eigenvalue weighted by Crippen LogP contribution is -2.58. The fourth-order valence-electron chi connectivity index (χ4n) is 8.49. The van der Waals surface area contributed by atoms with Crippen molar-refractivity contribution < 1.29 is 19.5 Å². The van der Waals surface area contributed by atoms with Gasteiger partial charge in [-0.3, -0.25) is 14.4 Å². The minimum absolute atomic E-state index is 0.122. The predicted molar refractivity (Wildman–Crippen MR) is 197 cm³/mol. The molecule has 3 aliphatic heterocycles. The van der Waals surface area contributed by atoms with E-state index >= 15 is 4.79 Å². The molecule has 0 aliphatic carbocycles. The van der Waals surface area contributed by atoms with Crippen LogP contribution in [0.15, 0.2) is 79.9 Å². The third kappa shape index (κ3) is 6.09.